The van der Waals surface area contributed by atoms with E-state index in [0.717, 1.165) is 42.9 Å². The second-order valence-electron chi connectivity index (χ2n) is 7.28. The van der Waals surface area contributed by atoms with Crippen molar-refractivity contribution < 1.29 is 4.79 Å². The lowest BCUT2D eigenvalue weighted by atomic mass is 9.92. The summed E-state index contributed by atoms with van der Waals surface area (Å²) < 4.78 is 3.97. The zero-order chi connectivity index (χ0) is 19.5. The van der Waals surface area contributed by atoms with Gasteiger partial charge < -0.3 is 4.90 Å². The zero-order valence-electron chi connectivity index (χ0n) is 16.3. The Labute approximate surface area is 169 Å². The Morgan fingerprint density at radius 2 is 2.04 bits per heavy atom. The normalized spacial score (nSPS) is 16.9. The van der Waals surface area contributed by atoms with Gasteiger partial charge in [-0.15, -0.1) is 5.10 Å². The number of aryl methyl sites for hydroxylation is 2. The van der Waals surface area contributed by atoms with Crippen molar-refractivity contribution in [3.8, 4) is 11.1 Å². The first-order valence-corrected chi connectivity index (χ1v) is 10.6. The summed E-state index contributed by atoms with van der Waals surface area (Å²) in [6, 6.07) is 14.7. The lowest BCUT2D eigenvalue weighted by Crippen LogP contribution is -2.39. The lowest BCUT2D eigenvalue weighted by Gasteiger charge is -2.32. The molecule has 28 heavy (non-hydrogen) atoms. The van der Waals surface area contributed by atoms with E-state index in [4.69, 9.17) is 4.98 Å². The molecule has 1 saturated heterocycles. The van der Waals surface area contributed by atoms with Gasteiger partial charge >= 0.3 is 0 Å². The van der Waals surface area contributed by atoms with Crippen LogP contribution in [0.4, 0.5) is 0 Å². The topological polar surface area (TPSA) is 59.0 Å². The van der Waals surface area contributed by atoms with E-state index in [0.29, 0.717) is 11.4 Å². The number of amides is 1. The van der Waals surface area contributed by atoms with Crippen LogP contribution in [0.25, 0.3) is 11.1 Å². The number of aromatic nitrogens is 3. The van der Waals surface area contributed by atoms with Gasteiger partial charge in [-0.1, -0.05) is 41.7 Å². The molecule has 144 valence electrons. The standard InChI is InChI=1S/C22H24N4OS/c1-3-19-21(28-25-24-19)22(27)26-11-7-10-17(14-26)20-13-18(12-15(2)23-20)16-8-5-4-6-9-16/h4-6,8-9,12-13,17H,3,7,10-11,14H2,1-2H3/t17-/m1/s1. The fraction of sp³-hybridized carbons (Fsp3) is 0.364. The summed E-state index contributed by atoms with van der Waals surface area (Å²) in [7, 11) is 0. The molecule has 1 fully saturated rings. The molecule has 0 aliphatic carbocycles. The quantitative estimate of drug-likeness (QED) is 0.656. The molecule has 1 aliphatic rings. The molecule has 3 heterocycles. The molecule has 1 aliphatic heterocycles. The highest BCUT2D eigenvalue weighted by Gasteiger charge is 2.29. The minimum absolute atomic E-state index is 0.0625. The van der Waals surface area contributed by atoms with Crippen molar-refractivity contribution in [3.63, 3.8) is 0 Å². The summed E-state index contributed by atoms with van der Waals surface area (Å²) in [6.45, 7) is 5.53. The van der Waals surface area contributed by atoms with Crippen LogP contribution in [0, 0.1) is 6.92 Å². The predicted molar refractivity (Wildman–Crippen MR) is 112 cm³/mol. The zero-order valence-corrected chi connectivity index (χ0v) is 17.1. The lowest BCUT2D eigenvalue weighted by molar-refractivity contribution is 0.0709. The van der Waals surface area contributed by atoms with Gasteiger partial charge in [-0.3, -0.25) is 9.78 Å². The van der Waals surface area contributed by atoms with Crippen LogP contribution in [0.5, 0.6) is 0 Å². The van der Waals surface area contributed by atoms with E-state index < -0.39 is 0 Å². The van der Waals surface area contributed by atoms with Crippen LogP contribution >= 0.6 is 11.5 Å². The van der Waals surface area contributed by atoms with Gasteiger partial charge in [0, 0.05) is 30.4 Å². The van der Waals surface area contributed by atoms with Crippen LogP contribution in [0.2, 0.25) is 0 Å². The predicted octanol–water partition coefficient (Wildman–Crippen LogP) is 4.49. The molecular formula is C22H24N4OS. The number of rotatable bonds is 4. The van der Waals surface area contributed by atoms with Crippen molar-refractivity contribution in [1.29, 1.82) is 0 Å². The molecule has 0 unspecified atom stereocenters. The Kier molecular flexibility index (Phi) is 5.48. The van der Waals surface area contributed by atoms with Gasteiger partial charge in [-0.2, -0.15) is 0 Å². The summed E-state index contributed by atoms with van der Waals surface area (Å²) in [6.07, 6.45) is 2.77. The van der Waals surface area contributed by atoms with Gasteiger partial charge in [-0.25, -0.2) is 0 Å². The second-order valence-corrected chi connectivity index (χ2v) is 8.03. The van der Waals surface area contributed by atoms with Gasteiger partial charge in [-0.05, 0) is 61.0 Å². The van der Waals surface area contributed by atoms with E-state index in [-0.39, 0.29) is 11.8 Å². The Bertz CT molecular complexity index is 970. The summed E-state index contributed by atoms with van der Waals surface area (Å²) in [4.78, 5) is 20.5. The van der Waals surface area contributed by atoms with Crippen LogP contribution in [-0.2, 0) is 6.42 Å². The maximum atomic E-state index is 13.0. The molecule has 0 N–H and O–H groups in total. The highest BCUT2D eigenvalue weighted by molar-refractivity contribution is 7.08. The Morgan fingerprint density at radius 3 is 2.82 bits per heavy atom. The number of piperidine rings is 1. The molecule has 5 nitrogen and oxygen atoms in total. The van der Waals surface area contributed by atoms with Gasteiger partial charge in [0.25, 0.3) is 5.91 Å². The highest BCUT2D eigenvalue weighted by Crippen LogP contribution is 2.30. The first-order valence-electron chi connectivity index (χ1n) is 9.80. The van der Waals surface area contributed by atoms with Gasteiger partial charge in [0.1, 0.15) is 4.88 Å². The minimum atomic E-state index is 0.0625. The summed E-state index contributed by atoms with van der Waals surface area (Å²) in [5.41, 5.74) is 5.28. The van der Waals surface area contributed by atoms with E-state index in [9.17, 15) is 4.79 Å². The summed E-state index contributed by atoms with van der Waals surface area (Å²) in [5, 5.41) is 4.09. The van der Waals surface area contributed by atoms with Crippen molar-refractivity contribution in [2.45, 2.75) is 39.0 Å². The number of hydrogen-bond acceptors (Lipinski definition) is 5. The fourth-order valence-electron chi connectivity index (χ4n) is 3.85. The Morgan fingerprint density at radius 1 is 1.21 bits per heavy atom. The summed E-state index contributed by atoms with van der Waals surface area (Å²) in [5.74, 6) is 0.318. The maximum Gasteiger partial charge on any atom is 0.267 e. The summed E-state index contributed by atoms with van der Waals surface area (Å²) >= 11 is 1.21. The third-order valence-corrected chi connectivity index (χ3v) is 6.05. The van der Waals surface area contributed by atoms with Crippen LogP contribution in [0.1, 0.15) is 52.4 Å². The SMILES string of the molecule is CCc1nnsc1C(=O)N1CCC[C@@H](c2cc(-c3ccccc3)cc(C)n2)C1. The highest BCUT2D eigenvalue weighted by atomic mass is 32.1. The van der Waals surface area contributed by atoms with E-state index in [1.54, 1.807) is 0 Å². The molecule has 4 rings (SSSR count). The average Bonchev–Trinajstić information content (AvgIpc) is 3.22. The third kappa shape index (κ3) is 3.83. The number of hydrogen-bond donors (Lipinski definition) is 0. The second kappa shape index (κ2) is 8.19. The Hall–Kier alpha value is -2.60. The molecule has 0 saturated carbocycles. The average molecular weight is 393 g/mol. The molecular weight excluding hydrogens is 368 g/mol. The van der Waals surface area contributed by atoms with Crippen LogP contribution in [-0.4, -0.2) is 38.5 Å². The number of pyridine rings is 1. The molecule has 3 aromatic rings. The van der Waals surface area contributed by atoms with Crippen LogP contribution in [0.3, 0.4) is 0 Å². The van der Waals surface area contributed by atoms with Gasteiger partial charge in [0.05, 0.1) is 5.69 Å². The fourth-order valence-corrected chi connectivity index (χ4v) is 4.57. The number of benzene rings is 1. The molecule has 1 amide bonds. The van der Waals surface area contributed by atoms with Gasteiger partial charge in [0.15, 0.2) is 0 Å². The molecule has 1 atom stereocenters. The third-order valence-electron chi connectivity index (χ3n) is 5.29. The van der Waals surface area contributed by atoms with Crippen molar-refractivity contribution in [3.05, 3.63) is 64.4 Å². The monoisotopic (exact) mass is 392 g/mol. The largest absolute Gasteiger partial charge is 0.337 e. The molecule has 0 bridgehead atoms. The minimum Gasteiger partial charge on any atom is -0.337 e. The molecule has 2 aromatic heterocycles. The van der Waals surface area contributed by atoms with Crippen LogP contribution < -0.4 is 0 Å². The maximum absolute atomic E-state index is 13.0. The molecule has 0 radical (unpaired) electrons. The van der Waals surface area contributed by atoms with Crippen molar-refractivity contribution in [2.75, 3.05) is 13.1 Å². The van der Waals surface area contributed by atoms with E-state index in [1.165, 1.54) is 22.7 Å². The van der Waals surface area contributed by atoms with Gasteiger partial charge in [0.2, 0.25) is 0 Å². The Balaban J connectivity index is 1.58. The first kappa shape index (κ1) is 18.7. The van der Waals surface area contributed by atoms with Crippen molar-refractivity contribution in [2.24, 2.45) is 0 Å². The van der Waals surface area contributed by atoms with E-state index >= 15 is 0 Å². The van der Waals surface area contributed by atoms with E-state index in [2.05, 4.69) is 46.0 Å². The number of carbonyl (C=O) groups excluding carboxylic acids is 1. The number of carbonyl (C=O) groups is 1. The molecule has 6 heteroatoms. The number of nitrogens with zero attached hydrogens (tertiary/aromatic N) is 4. The molecule has 0 spiro atoms. The van der Waals surface area contributed by atoms with Crippen molar-refractivity contribution in [1.82, 2.24) is 19.5 Å². The molecule has 1 aromatic carbocycles. The van der Waals surface area contributed by atoms with Crippen molar-refractivity contribution >= 4 is 17.4 Å². The number of likely N-dealkylation sites (tertiary alicyclic amines) is 1. The van der Waals surface area contributed by atoms with Crippen LogP contribution in [0.15, 0.2) is 42.5 Å². The first-order chi connectivity index (χ1) is 13.7. The smallest absolute Gasteiger partial charge is 0.267 e. The van der Waals surface area contributed by atoms with E-state index in [1.807, 2.05) is 24.8 Å².